The van der Waals surface area contributed by atoms with Gasteiger partial charge in [0.15, 0.2) is 0 Å². The number of aliphatic hydroxyl groups is 1. The van der Waals surface area contributed by atoms with Crippen LogP contribution < -0.4 is 0 Å². The highest BCUT2D eigenvalue weighted by molar-refractivity contribution is 9.10. The van der Waals surface area contributed by atoms with E-state index in [1.165, 1.54) is 0 Å². The summed E-state index contributed by atoms with van der Waals surface area (Å²) in [6.07, 6.45) is 5.43. The maximum absolute atomic E-state index is 9.62. The van der Waals surface area contributed by atoms with E-state index in [4.69, 9.17) is 11.6 Å². The van der Waals surface area contributed by atoms with E-state index in [1.807, 2.05) is 6.07 Å². The van der Waals surface area contributed by atoms with E-state index in [9.17, 15) is 5.11 Å². The quantitative estimate of drug-likeness (QED) is 0.840. The molecule has 0 aliphatic heterocycles. The molecule has 1 aromatic heterocycles. The second kappa shape index (κ2) is 6.38. The second-order valence-corrected chi connectivity index (χ2v) is 4.49. The van der Waals surface area contributed by atoms with Crippen molar-refractivity contribution in [1.82, 2.24) is 4.98 Å². The molecule has 1 unspecified atom stereocenters. The second-order valence-electron chi connectivity index (χ2n) is 3.20. The van der Waals surface area contributed by atoms with Crippen molar-refractivity contribution >= 4 is 27.5 Å². The van der Waals surface area contributed by atoms with Gasteiger partial charge in [0.05, 0.1) is 6.10 Å². The van der Waals surface area contributed by atoms with Crippen LogP contribution in [-0.4, -0.2) is 22.1 Å². The summed E-state index contributed by atoms with van der Waals surface area (Å²) in [6.45, 7) is 0. The van der Waals surface area contributed by atoms with E-state index >= 15 is 0 Å². The lowest BCUT2D eigenvalue weighted by atomic mass is 10.1. The zero-order valence-corrected chi connectivity index (χ0v) is 10.1. The van der Waals surface area contributed by atoms with Gasteiger partial charge < -0.3 is 5.11 Å². The first-order chi connectivity index (χ1) is 6.72. The van der Waals surface area contributed by atoms with Gasteiger partial charge in [0.25, 0.3) is 0 Å². The van der Waals surface area contributed by atoms with Crippen LogP contribution in [0.3, 0.4) is 0 Å². The Morgan fingerprint density at radius 1 is 1.50 bits per heavy atom. The molecule has 0 saturated heterocycles. The van der Waals surface area contributed by atoms with Gasteiger partial charge in [0, 0.05) is 22.7 Å². The molecule has 1 atom stereocenters. The lowest BCUT2D eigenvalue weighted by Gasteiger charge is -2.09. The number of pyridine rings is 1. The number of hydrogen-bond donors (Lipinski definition) is 1. The minimum absolute atomic E-state index is 0.315. The van der Waals surface area contributed by atoms with Crippen molar-refractivity contribution in [3.8, 4) is 0 Å². The average Bonchev–Trinajstić information content (AvgIpc) is 2.15. The molecule has 2 nitrogen and oxygen atoms in total. The molecule has 0 bridgehead atoms. The zero-order chi connectivity index (χ0) is 10.4. The molecule has 0 radical (unpaired) electrons. The van der Waals surface area contributed by atoms with Gasteiger partial charge in [-0.25, -0.2) is 0 Å². The highest BCUT2D eigenvalue weighted by Crippen LogP contribution is 2.12. The molecule has 0 amide bonds. The van der Waals surface area contributed by atoms with Crippen LogP contribution in [0.15, 0.2) is 22.9 Å². The molecular formula is C10H13BrClNO. The van der Waals surface area contributed by atoms with Crippen molar-refractivity contribution < 1.29 is 5.11 Å². The number of nitrogens with zero attached hydrogens (tertiary/aromatic N) is 1. The molecule has 1 aromatic rings. The molecular weight excluding hydrogens is 265 g/mol. The molecule has 0 aromatic carbocycles. The first-order valence-electron chi connectivity index (χ1n) is 4.56. The van der Waals surface area contributed by atoms with Crippen molar-refractivity contribution in [2.75, 3.05) is 5.88 Å². The van der Waals surface area contributed by atoms with Crippen molar-refractivity contribution in [2.24, 2.45) is 0 Å². The topological polar surface area (TPSA) is 33.1 Å². The van der Waals surface area contributed by atoms with Crippen LogP contribution in [0.1, 0.15) is 18.4 Å². The van der Waals surface area contributed by atoms with Crippen molar-refractivity contribution in [3.05, 3.63) is 28.5 Å². The SMILES string of the molecule is OC(CCCCl)Cc1cncc(Br)c1. The van der Waals surface area contributed by atoms with Crippen molar-refractivity contribution in [1.29, 1.82) is 0 Å². The molecule has 0 spiro atoms. The third kappa shape index (κ3) is 4.40. The van der Waals surface area contributed by atoms with Gasteiger partial charge >= 0.3 is 0 Å². The number of hydrogen-bond acceptors (Lipinski definition) is 2. The van der Waals surface area contributed by atoms with Gasteiger partial charge in [-0.2, -0.15) is 0 Å². The van der Waals surface area contributed by atoms with Crippen molar-refractivity contribution in [2.45, 2.75) is 25.4 Å². The summed E-state index contributed by atoms with van der Waals surface area (Å²) < 4.78 is 0.944. The summed E-state index contributed by atoms with van der Waals surface area (Å²) in [4.78, 5) is 4.03. The standard InChI is InChI=1S/C10H13BrClNO/c11-9-4-8(6-13-7-9)5-10(14)2-1-3-12/h4,6-7,10,14H,1-3,5H2. The fraction of sp³-hybridized carbons (Fsp3) is 0.500. The Labute approximate surface area is 97.4 Å². The van der Waals surface area contributed by atoms with Crippen LogP contribution in [-0.2, 0) is 6.42 Å². The van der Waals surface area contributed by atoms with Crippen LogP contribution in [0.25, 0.3) is 0 Å². The predicted octanol–water partition coefficient (Wildman–Crippen LogP) is 2.77. The van der Waals surface area contributed by atoms with Gasteiger partial charge in [-0.15, -0.1) is 11.6 Å². The van der Waals surface area contributed by atoms with Crippen LogP contribution in [0.4, 0.5) is 0 Å². The third-order valence-electron chi connectivity index (χ3n) is 1.90. The number of aliphatic hydroxyl groups excluding tert-OH is 1. The van der Waals surface area contributed by atoms with Crippen molar-refractivity contribution in [3.63, 3.8) is 0 Å². The predicted molar refractivity (Wildman–Crippen MR) is 61.6 cm³/mol. The lowest BCUT2D eigenvalue weighted by Crippen LogP contribution is -2.10. The number of halogens is 2. The average molecular weight is 279 g/mol. The smallest absolute Gasteiger partial charge is 0.0581 e. The molecule has 1 heterocycles. The van der Waals surface area contributed by atoms with Crippen LogP contribution in [0.2, 0.25) is 0 Å². The summed E-state index contributed by atoms with van der Waals surface area (Å²) in [5.41, 5.74) is 1.04. The van der Waals surface area contributed by atoms with E-state index in [0.29, 0.717) is 12.3 Å². The van der Waals surface area contributed by atoms with Gasteiger partial charge in [-0.3, -0.25) is 4.98 Å². The maximum atomic E-state index is 9.62. The Bertz CT molecular complexity index is 283. The van der Waals surface area contributed by atoms with E-state index in [0.717, 1.165) is 22.9 Å². The Hall–Kier alpha value is -0.120. The summed E-state index contributed by atoms with van der Waals surface area (Å²) in [5.74, 6) is 0.605. The van der Waals surface area contributed by atoms with E-state index in [1.54, 1.807) is 12.4 Å². The highest BCUT2D eigenvalue weighted by atomic mass is 79.9. The normalized spacial score (nSPS) is 12.8. The number of aromatic nitrogens is 1. The minimum Gasteiger partial charge on any atom is -0.393 e. The molecule has 4 heteroatoms. The first kappa shape index (κ1) is 12.0. The molecule has 78 valence electrons. The fourth-order valence-electron chi connectivity index (χ4n) is 1.25. The Morgan fingerprint density at radius 3 is 2.93 bits per heavy atom. The Balaban J connectivity index is 2.43. The van der Waals surface area contributed by atoms with Crippen LogP contribution in [0, 0.1) is 0 Å². The first-order valence-corrected chi connectivity index (χ1v) is 5.88. The molecule has 0 saturated carbocycles. The summed E-state index contributed by atoms with van der Waals surface area (Å²) in [5, 5.41) is 9.62. The van der Waals surface area contributed by atoms with Gasteiger partial charge in [0.2, 0.25) is 0 Å². The molecule has 0 fully saturated rings. The van der Waals surface area contributed by atoms with Gasteiger partial charge in [-0.1, -0.05) is 0 Å². The summed E-state index contributed by atoms with van der Waals surface area (Å²) >= 11 is 8.88. The highest BCUT2D eigenvalue weighted by Gasteiger charge is 2.05. The lowest BCUT2D eigenvalue weighted by molar-refractivity contribution is 0.164. The Morgan fingerprint density at radius 2 is 2.29 bits per heavy atom. The third-order valence-corrected chi connectivity index (χ3v) is 2.60. The van der Waals surface area contributed by atoms with Crippen LogP contribution >= 0.6 is 27.5 Å². The molecule has 14 heavy (non-hydrogen) atoms. The zero-order valence-electron chi connectivity index (χ0n) is 7.79. The molecule has 0 aliphatic rings. The number of rotatable bonds is 5. The van der Waals surface area contributed by atoms with Crippen LogP contribution in [0.5, 0.6) is 0 Å². The fourth-order valence-corrected chi connectivity index (χ4v) is 1.82. The molecule has 1 rings (SSSR count). The Kier molecular flexibility index (Phi) is 5.45. The maximum Gasteiger partial charge on any atom is 0.0581 e. The summed E-state index contributed by atoms with van der Waals surface area (Å²) in [7, 11) is 0. The van der Waals surface area contributed by atoms with E-state index < -0.39 is 0 Å². The largest absolute Gasteiger partial charge is 0.393 e. The van der Waals surface area contributed by atoms with Gasteiger partial charge in [-0.05, 0) is 46.8 Å². The minimum atomic E-state index is -0.315. The summed E-state index contributed by atoms with van der Waals surface area (Å²) in [6, 6.07) is 1.97. The monoisotopic (exact) mass is 277 g/mol. The van der Waals surface area contributed by atoms with Gasteiger partial charge in [0.1, 0.15) is 0 Å². The van der Waals surface area contributed by atoms with E-state index in [-0.39, 0.29) is 6.10 Å². The molecule has 1 N–H and O–H groups in total. The molecule has 0 aliphatic carbocycles. The van der Waals surface area contributed by atoms with E-state index in [2.05, 4.69) is 20.9 Å². The number of alkyl halides is 1.